The normalized spacial score (nSPS) is 13.2. The number of rotatable bonds is 4. The highest BCUT2D eigenvalue weighted by molar-refractivity contribution is 6.68. The smallest absolute Gasteiger partial charge is 0.362 e. The summed E-state index contributed by atoms with van der Waals surface area (Å²) in [6.07, 6.45) is -5.77. The number of benzene rings is 2. The number of carbonyl (C=O) groups is 1. The van der Waals surface area contributed by atoms with E-state index in [1.807, 2.05) is 0 Å². The second kappa shape index (κ2) is 7.72. The molecule has 0 aromatic heterocycles. The van der Waals surface area contributed by atoms with Crippen LogP contribution in [0.25, 0.3) is 0 Å². The number of carbonyl (C=O) groups excluding carboxylic acids is 1. The topological polar surface area (TPSA) is 41.1 Å². The van der Waals surface area contributed by atoms with Gasteiger partial charge in [-0.05, 0) is 30.3 Å². The van der Waals surface area contributed by atoms with Gasteiger partial charge in [0.05, 0.1) is 5.56 Å². The Morgan fingerprint density at radius 2 is 1.60 bits per heavy atom. The van der Waals surface area contributed by atoms with Crippen molar-refractivity contribution in [3.63, 3.8) is 0 Å². The van der Waals surface area contributed by atoms with E-state index in [9.17, 15) is 18.0 Å². The predicted molar refractivity (Wildman–Crippen MR) is 93.1 cm³/mol. The van der Waals surface area contributed by atoms with Crippen molar-refractivity contribution in [1.29, 1.82) is 0 Å². The zero-order chi connectivity index (χ0) is 18.7. The van der Waals surface area contributed by atoms with E-state index in [0.717, 1.165) is 12.1 Å². The third-order valence-corrected chi connectivity index (χ3v) is 3.79. The van der Waals surface area contributed by atoms with Gasteiger partial charge in [-0.1, -0.05) is 59.1 Å². The standard InChI is InChI=1S/C16H12Cl3F3N2O/c17-15(18,19)14(24-13(25)10-5-2-1-3-6-10)23-12-8-4-7-11(9-12)16(20,21)22/h1-9,14,23H,(H,24,25)/t14-/m0/s1. The molecule has 25 heavy (non-hydrogen) atoms. The molecule has 2 aromatic rings. The van der Waals surface area contributed by atoms with Crippen LogP contribution in [0.5, 0.6) is 0 Å². The van der Waals surface area contributed by atoms with Crippen LogP contribution < -0.4 is 10.6 Å². The maximum Gasteiger partial charge on any atom is 0.416 e. The number of hydrogen-bond acceptors (Lipinski definition) is 2. The van der Waals surface area contributed by atoms with Gasteiger partial charge < -0.3 is 10.6 Å². The third-order valence-electron chi connectivity index (χ3n) is 3.14. The summed E-state index contributed by atoms with van der Waals surface area (Å²) < 4.78 is 36.4. The van der Waals surface area contributed by atoms with Gasteiger partial charge in [0.1, 0.15) is 6.17 Å². The Hall–Kier alpha value is -1.63. The van der Waals surface area contributed by atoms with Crippen molar-refractivity contribution in [3.8, 4) is 0 Å². The summed E-state index contributed by atoms with van der Waals surface area (Å²) in [4.78, 5) is 12.2. The van der Waals surface area contributed by atoms with Gasteiger partial charge in [-0.2, -0.15) is 13.2 Å². The van der Waals surface area contributed by atoms with Crippen LogP contribution in [-0.4, -0.2) is 15.9 Å². The molecule has 2 N–H and O–H groups in total. The lowest BCUT2D eigenvalue weighted by Crippen LogP contribution is -2.49. The Balaban J connectivity index is 2.21. The number of nitrogens with one attached hydrogen (secondary N) is 2. The summed E-state index contributed by atoms with van der Waals surface area (Å²) >= 11 is 17.5. The molecule has 0 spiro atoms. The van der Waals surface area contributed by atoms with Crippen LogP contribution in [0.1, 0.15) is 15.9 Å². The zero-order valence-electron chi connectivity index (χ0n) is 12.4. The molecule has 0 bridgehead atoms. The first-order valence-corrected chi connectivity index (χ1v) is 8.07. The van der Waals surface area contributed by atoms with Crippen molar-refractivity contribution in [2.45, 2.75) is 16.1 Å². The first kappa shape index (κ1) is 19.7. The van der Waals surface area contributed by atoms with Crippen molar-refractivity contribution in [1.82, 2.24) is 5.32 Å². The minimum atomic E-state index is -4.51. The summed E-state index contributed by atoms with van der Waals surface area (Å²) in [5.41, 5.74) is -0.512. The molecule has 0 aliphatic heterocycles. The van der Waals surface area contributed by atoms with Crippen LogP contribution in [0.15, 0.2) is 54.6 Å². The quantitative estimate of drug-likeness (QED) is 0.533. The van der Waals surface area contributed by atoms with E-state index in [1.165, 1.54) is 12.1 Å². The molecule has 0 saturated heterocycles. The minimum absolute atomic E-state index is 0.0412. The van der Waals surface area contributed by atoms with E-state index in [4.69, 9.17) is 34.8 Å². The van der Waals surface area contributed by atoms with Crippen LogP contribution in [0, 0.1) is 0 Å². The molecule has 1 amide bonds. The van der Waals surface area contributed by atoms with Gasteiger partial charge in [0, 0.05) is 11.3 Å². The zero-order valence-corrected chi connectivity index (χ0v) is 14.7. The summed E-state index contributed by atoms with van der Waals surface area (Å²) in [6, 6.07) is 12.5. The Morgan fingerprint density at radius 3 is 2.16 bits per heavy atom. The predicted octanol–water partition coefficient (Wildman–Crippen LogP) is 5.24. The molecule has 3 nitrogen and oxygen atoms in total. The van der Waals surface area contributed by atoms with Crippen molar-refractivity contribution in [3.05, 3.63) is 65.7 Å². The van der Waals surface area contributed by atoms with Crippen LogP contribution in [0.2, 0.25) is 0 Å². The van der Waals surface area contributed by atoms with Gasteiger partial charge >= 0.3 is 6.18 Å². The van der Waals surface area contributed by atoms with E-state index in [2.05, 4.69) is 10.6 Å². The van der Waals surface area contributed by atoms with E-state index >= 15 is 0 Å². The summed E-state index contributed by atoms with van der Waals surface area (Å²) in [5, 5.41) is 5.06. The van der Waals surface area contributed by atoms with Gasteiger partial charge in [0.15, 0.2) is 0 Å². The number of halogens is 6. The molecule has 2 aromatic carbocycles. The summed E-state index contributed by atoms with van der Waals surface area (Å²) in [5.74, 6) is -0.545. The summed E-state index contributed by atoms with van der Waals surface area (Å²) in [7, 11) is 0. The molecule has 0 radical (unpaired) electrons. The largest absolute Gasteiger partial charge is 0.416 e. The van der Waals surface area contributed by atoms with Gasteiger partial charge in [-0.15, -0.1) is 0 Å². The van der Waals surface area contributed by atoms with E-state index < -0.39 is 27.6 Å². The SMILES string of the molecule is O=C(N[C@H](Nc1cccc(C(F)(F)F)c1)C(Cl)(Cl)Cl)c1ccccc1. The molecule has 0 unspecified atom stereocenters. The van der Waals surface area contributed by atoms with Crippen molar-refractivity contribution in [2.75, 3.05) is 5.32 Å². The third kappa shape index (κ3) is 5.70. The highest BCUT2D eigenvalue weighted by atomic mass is 35.6. The van der Waals surface area contributed by atoms with E-state index in [1.54, 1.807) is 30.3 Å². The fourth-order valence-corrected chi connectivity index (χ4v) is 2.28. The molecular weight excluding hydrogens is 400 g/mol. The molecule has 0 aliphatic carbocycles. The molecule has 134 valence electrons. The number of amides is 1. The molecule has 0 aliphatic rings. The van der Waals surface area contributed by atoms with Crippen molar-refractivity contribution >= 4 is 46.4 Å². The highest BCUT2D eigenvalue weighted by Gasteiger charge is 2.35. The van der Waals surface area contributed by atoms with Crippen LogP contribution in [-0.2, 0) is 6.18 Å². The molecule has 9 heteroatoms. The second-order valence-electron chi connectivity index (χ2n) is 5.04. The number of hydrogen-bond donors (Lipinski definition) is 2. The van der Waals surface area contributed by atoms with Gasteiger partial charge in [-0.3, -0.25) is 4.79 Å². The average Bonchev–Trinajstić information content (AvgIpc) is 2.53. The number of alkyl halides is 6. The van der Waals surface area contributed by atoms with Crippen LogP contribution in [0.3, 0.4) is 0 Å². The molecule has 0 fully saturated rings. The first-order valence-electron chi connectivity index (χ1n) is 6.94. The number of anilines is 1. The minimum Gasteiger partial charge on any atom is -0.362 e. The van der Waals surface area contributed by atoms with Gasteiger partial charge in [0.2, 0.25) is 3.79 Å². The molecule has 0 saturated carbocycles. The maximum absolute atomic E-state index is 12.8. The van der Waals surface area contributed by atoms with E-state index in [0.29, 0.717) is 5.56 Å². The molecule has 1 atom stereocenters. The maximum atomic E-state index is 12.8. The Morgan fingerprint density at radius 1 is 0.960 bits per heavy atom. The average molecular weight is 412 g/mol. The molecular formula is C16H12Cl3F3N2O. The van der Waals surface area contributed by atoms with E-state index in [-0.39, 0.29) is 5.69 Å². The van der Waals surface area contributed by atoms with Crippen molar-refractivity contribution in [2.24, 2.45) is 0 Å². The Kier molecular flexibility index (Phi) is 6.08. The van der Waals surface area contributed by atoms with Crippen LogP contribution >= 0.6 is 34.8 Å². The highest BCUT2D eigenvalue weighted by Crippen LogP contribution is 2.34. The van der Waals surface area contributed by atoms with Crippen molar-refractivity contribution < 1.29 is 18.0 Å². The Bertz CT molecular complexity index is 733. The van der Waals surface area contributed by atoms with Gasteiger partial charge in [-0.25, -0.2) is 0 Å². The second-order valence-corrected chi connectivity index (χ2v) is 7.41. The monoisotopic (exact) mass is 410 g/mol. The lowest BCUT2D eigenvalue weighted by molar-refractivity contribution is -0.137. The Labute approximate surface area is 157 Å². The molecule has 0 heterocycles. The molecule has 2 rings (SSSR count). The lowest BCUT2D eigenvalue weighted by atomic mass is 10.2. The van der Waals surface area contributed by atoms with Gasteiger partial charge in [0.25, 0.3) is 5.91 Å². The van der Waals surface area contributed by atoms with Crippen LogP contribution in [0.4, 0.5) is 18.9 Å². The first-order chi connectivity index (χ1) is 11.6. The lowest BCUT2D eigenvalue weighted by Gasteiger charge is -2.27. The fourth-order valence-electron chi connectivity index (χ4n) is 1.96. The summed E-state index contributed by atoms with van der Waals surface area (Å²) in [6.45, 7) is 0. The fraction of sp³-hybridized carbons (Fsp3) is 0.188.